The van der Waals surface area contributed by atoms with E-state index in [0.29, 0.717) is 10.6 Å². The molecule has 0 aliphatic heterocycles. The molecule has 6 heteroatoms. The summed E-state index contributed by atoms with van der Waals surface area (Å²) in [5.41, 5.74) is 5.09. The van der Waals surface area contributed by atoms with Crippen LogP contribution < -0.4 is 5.32 Å². The zero-order chi connectivity index (χ0) is 19.7. The first kappa shape index (κ1) is 19.0. The Morgan fingerprint density at radius 1 is 1.29 bits per heavy atom. The Morgan fingerprint density at radius 3 is 2.93 bits per heavy atom. The number of para-hydroxylation sites is 1. The summed E-state index contributed by atoms with van der Waals surface area (Å²) < 4.78 is 0. The minimum Gasteiger partial charge on any atom is -0.316 e. The highest BCUT2D eigenvalue weighted by atomic mass is 32.2. The van der Waals surface area contributed by atoms with E-state index in [-0.39, 0.29) is 11.7 Å². The molecular weight excluding hydrogens is 386 g/mol. The lowest BCUT2D eigenvalue weighted by Crippen LogP contribution is -2.14. The average molecular weight is 408 g/mol. The Balaban J connectivity index is 1.48. The van der Waals surface area contributed by atoms with Gasteiger partial charge in [0.15, 0.2) is 0 Å². The largest absolute Gasteiger partial charge is 0.316 e. The van der Waals surface area contributed by atoms with Gasteiger partial charge in [-0.1, -0.05) is 30.0 Å². The summed E-state index contributed by atoms with van der Waals surface area (Å²) >= 11 is 3.00. The SMILES string of the molecule is Cc1cc(SCC(=O)Nc2sc3c(c2C#N)CCCC3)nc2c(C)cccc12. The maximum absolute atomic E-state index is 12.5. The molecule has 2 heterocycles. The number of carbonyl (C=O) groups is 1. The predicted molar refractivity (Wildman–Crippen MR) is 116 cm³/mol. The van der Waals surface area contributed by atoms with E-state index in [9.17, 15) is 10.1 Å². The van der Waals surface area contributed by atoms with Gasteiger partial charge in [0.25, 0.3) is 0 Å². The topological polar surface area (TPSA) is 65.8 Å². The number of amides is 1. The molecule has 1 amide bonds. The van der Waals surface area contributed by atoms with E-state index in [0.717, 1.165) is 58.3 Å². The molecule has 3 aromatic rings. The molecule has 28 heavy (non-hydrogen) atoms. The molecule has 0 radical (unpaired) electrons. The van der Waals surface area contributed by atoms with E-state index in [1.54, 1.807) is 11.3 Å². The van der Waals surface area contributed by atoms with Crippen molar-refractivity contribution >= 4 is 44.9 Å². The number of nitriles is 1. The molecule has 1 aliphatic carbocycles. The van der Waals surface area contributed by atoms with Crippen LogP contribution in [-0.2, 0) is 17.6 Å². The Labute approximate surface area is 173 Å². The van der Waals surface area contributed by atoms with Crippen LogP contribution in [0.25, 0.3) is 10.9 Å². The highest BCUT2D eigenvalue weighted by Gasteiger charge is 2.21. The Morgan fingerprint density at radius 2 is 2.11 bits per heavy atom. The van der Waals surface area contributed by atoms with Crippen LogP contribution in [0.3, 0.4) is 0 Å². The van der Waals surface area contributed by atoms with Gasteiger partial charge >= 0.3 is 0 Å². The van der Waals surface area contributed by atoms with E-state index in [1.165, 1.54) is 16.6 Å². The van der Waals surface area contributed by atoms with Crippen molar-refractivity contribution in [1.82, 2.24) is 4.98 Å². The number of benzene rings is 1. The minimum absolute atomic E-state index is 0.0931. The van der Waals surface area contributed by atoms with Crippen LogP contribution in [0, 0.1) is 25.2 Å². The zero-order valence-corrected chi connectivity index (χ0v) is 17.6. The number of nitrogens with zero attached hydrogens (tertiary/aromatic N) is 2. The quantitative estimate of drug-likeness (QED) is 0.589. The van der Waals surface area contributed by atoms with Gasteiger partial charge in [-0.15, -0.1) is 11.3 Å². The van der Waals surface area contributed by atoms with Gasteiger partial charge in [0.05, 0.1) is 21.9 Å². The van der Waals surface area contributed by atoms with E-state index in [1.807, 2.05) is 12.1 Å². The van der Waals surface area contributed by atoms with Crippen molar-refractivity contribution in [2.45, 2.75) is 44.6 Å². The third-order valence-corrected chi connectivity index (χ3v) is 7.23. The number of fused-ring (bicyclic) bond motifs is 2. The molecule has 0 atom stereocenters. The highest BCUT2D eigenvalue weighted by molar-refractivity contribution is 7.99. The monoisotopic (exact) mass is 407 g/mol. The third-order valence-electron chi connectivity index (χ3n) is 5.11. The van der Waals surface area contributed by atoms with Gasteiger partial charge in [0.1, 0.15) is 11.1 Å². The maximum atomic E-state index is 12.5. The van der Waals surface area contributed by atoms with Gasteiger partial charge in [0, 0.05) is 10.3 Å². The Hall–Kier alpha value is -2.36. The predicted octanol–water partition coefficient (Wildman–Crippen LogP) is 5.39. The molecule has 0 fully saturated rings. The number of pyridine rings is 1. The maximum Gasteiger partial charge on any atom is 0.235 e. The fourth-order valence-electron chi connectivity index (χ4n) is 3.68. The number of thioether (sulfide) groups is 1. The van der Waals surface area contributed by atoms with Crippen molar-refractivity contribution in [1.29, 1.82) is 5.26 Å². The molecular formula is C22H21N3OS2. The molecule has 0 bridgehead atoms. The average Bonchev–Trinajstić information content (AvgIpc) is 3.04. The normalized spacial score (nSPS) is 13.2. The van der Waals surface area contributed by atoms with E-state index >= 15 is 0 Å². The number of hydrogen-bond donors (Lipinski definition) is 1. The van der Waals surface area contributed by atoms with Gasteiger partial charge in [0.2, 0.25) is 5.91 Å². The summed E-state index contributed by atoms with van der Waals surface area (Å²) in [7, 11) is 0. The van der Waals surface area contributed by atoms with E-state index < -0.39 is 0 Å². The number of thiophene rings is 1. The summed E-state index contributed by atoms with van der Waals surface area (Å²) in [5.74, 6) is 0.182. The summed E-state index contributed by atoms with van der Waals surface area (Å²) in [6.07, 6.45) is 4.24. The van der Waals surface area contributed by atoms with Gasteiger partial charge < -0.3 is 5.32 Å². The van der Waals surface area contributed by atoms with Crippen LogP contribution in [0.15, 0.2) is 29.3 Å². The molecule has 0 unspecified atom stereocenters. The van der Waals surface area contributed by atoms with Crippen LogP contribution >= 0.6 is 23.1 Å². The van der Waals surface area contributed by atoms with Crippen LogP contribution in [0.4, 0.5) is 5.00 Å². The molecule has 0 saturated heterocycles. The number of aryl methyl sites for hydroxylation is 3. The molecule has 1 N–H and O–H groups in total. The van der Waals surface area contributed by atoms with Crippen molar-refractivity contribution in [3.8, 4) is 6.07 Å². The minimum atomic E-state index is -0.0931. The number of carbonyl (C=O) groups excluding carboxylic acids is 1. The summed E-state index contributed by atoms with van der Waals surface area (Å²) in [5, 5.41) is 15.2. The van der Waals surface area contributed by atoms with Gasteiger partial charge in [-0.2, -0.15) is 5.26 Å². The van der Waals surface area contributed by atoms with E-state index in [2.05, 4.69) is 37.4 Å². The van der Waals surface area contributed by atoms with Crippen molar-refractivity contribution in [2.75, 3.05) is 11.1 Å². The van der Waals surface area contributed by atoms with Crippen LogP contribution in [0.1, 0.15) is 40.0 Å². The molecule has 1 aliphatic rings. The Bertz CT molecular complexity index is 1110. The number of hydrogen-bond acceptors (Lipinski definition) is 5. The molecule has 4 rings (SSSR count). The summed E-state index contributed by atoms with van der Waals surface area (Å²) in [6.45, 7) is 4.13. The van der Waals surface area contributed by atoms with Crippen molar-refractivity contribution in [2.24, 2.45) is 0 Å². The zero-order valence-electron chi connectivity index (χ0n) is 16.0. The standard InChI is InChI=1S/C22H21N3OS2/c1-13-6-5-8-15-14(2)10-20(25-21(13)15)27-12-19(26)24-22-17(11-23)16-7-3-4-9-18(16)28-22/h5-6,8,10H,3-4,7,9,12H2,1-2H3,(H,24,26). The number of rotatable bonds is 4. The fraction of sp³-hybridized carbons (Fsp3) is 0.318. The Kier molecular flexibility index (Phi) is 5.38. The number of aromatic nitrogens is 1. The molecule has 2 aromatic heterocycles. The third kappa shape index (κ3) is 3.65. The first-order valence-electron chi connectivity index (χ1n) is 9.41. The summed E-state index contributed by atoms with van der Waals surface area (Å²) in [4.78, 5) is 18.5. The lowest BCUT2D eigenvalue weighted by atomic mass is 9.96. The van der Waals surface area contributed by atoms with Gasteiger partial charge in [-0.05, 0) is 62.3 Å². The number of anilines is 1. The molecule has 1 aromatic carbocycles. The second kappa shape index (κ2) is 7.94. The van der Waals surface area contributed by atoms with Crippen molar-refractivity contribution < 1.29 is 4.79 Å². The van der Waals surface area contributed by atoms with Crippen LogP contribution in [0.2, 0.25) is 0 Å². The molecule has 0 spiro atoms. The number of nitrogens with one attached hydrogen (secondary N) is 1. The van der Waals surface area contributed by atoms with Crippen LogP contribution in [0.5, 0.6) is 0 Å². The van der Waals surface area contributed by atoms with Gasteiger partial charge in [-0.25, -0.2) is 4.98 Å². The second-order valence-electron chi connectivity index (χ2n) is 7.11. The van der Waals surface area contributed by atoms with Crippen molar-refractivity contribution in [3.63, 3.8) is 0 Å². The lowest BCUT2D eigenvalue weighted by molar-refractivity contribution is -0.113. The lowest BCUT2D eigenvalue weighted by Gasteiger charge is -2.09. The molecule has 4 nitrogen and oxygen atoms in total. The molecule has 0 saturated carbocycles. The van der Waals surface area contributed by atoms with Crippen LogP contribution in [-0.4, -0.2) is 16.6 Å². The summed E-state index contributed by atoms with van der Waals surface area (Å²) in [6, 6.07) is 10.5. The van der Waals surface area contributed by atoms with Crippen molar-refractivity contribution in [3.05, 3.63) is 51.4 Å². The first-order valence-corrected chi connectivity index (χ1v) is 11.2. The van der Waals surface area contributed by atoms with E-state index in [4.69, 9.17) is 4.98 Å². The van der Waals surface area contributed by atoms with Gasteiger partial charge in [-0.3, -0.25) is 4.79 Å². The second-order valence-corrected chi connectivity index (χ2v) is 9.21. The first-order chi connectivity index (χ1) is 13.6. The highest BCUT2D eigenvalue weighted by Crippen LogP contribution is 2.37. The smallest absolute Gasteiger partial charge is 0.235 e. The molecule has 142 valence electrons. The fourth-order valence-corrected chi connectivity index (χ4v) is 5.70.